The minimum Gasteiger partial charge on any atom is -0.439 e. The van der Waals surface area contributed by atoms with Crippen LogP contribution in [0.15, 0.2) is 60.9 Å². The molecule has 1 atom stereocenters. The normalized spacial score (nSPS) is 15.9. The minimum absolute atomic E-state index is 0.207. The number of nitrogens with one attached hydrogen (secondary N) is 1. The molecule has 0 unspecified atom stereocenters. The fourth-order valence-corrected chi connectivity index (χ4v) is 4.25. The average Bonchev–Trinajstić information content (AvgIpc) is 3.57. The van der Waals surface area contributed by atoms with E-state index >= 15 is 0 Å². The third-order valence-electron chi connectivity index (χ3n) is 6.17. The van der Waals surface area contributed by atoms with Crippen molar-refractivity contribution < 1.29 is 14.6 Å². The maximum absolute atomic E-state index is 11.7. The molecule has 0 spiro atoms. The SMILES string of the molecule is CN(Cc1ccc2cc(Oc3ccc(-c4ccn[nH]4)cn3)ccc2n1)[C@H]1CCN(C(=O)CO)C1. The molecule has 1 saturated heterocycles. The Bertz CT molecular complexity index is 1280. The van der Waals surface area contributed by atoms with Gasteiger partial charge in [-0.3, -0.25) is 19.8 Å². The molecule has 4 aromatic rings. The monoisotopic (exact) mass is 458 g/mol. The van der Waals surface area contributed by atoms with Gasteiger partial charge < -0.3 is 14.7 Å². The summed E-state index contributed by atoms with van der Waals surface area (Å²) in [5.41, 5.74) is 3.70. The molecule has 4 heterocycles. The van der Waals surface area contributed by atoms with Gasteiger partial charge in [-0.25, -0.2) is 4.98 Å². The number of likely N-dealkylation sites (N-methyl/N-ethyl adjacent to an activating group) is 1. The lowest BCUT2D eigenvalue weighted by Gasteiger charge is -2.24. The number of rotatable bonds is 7. The zero-order valence-corrected chi connectivity index (χ0v) is 18.9. The molecular weight excluding hydrogens is 432 g/mol. The maximum atomic E-state index is 11.7. The van der Waals surface area contributed by atoms with Crippen molar-refractivity contribution >= 4 is 16.8 Å². The highest BCUT2D eigenvalue weighted by Crippen LogP contribution is 2.26. The lowest BCUT2D eigenvalue weighted by atomic mass is 10.1. The smallest absolute Gasteiger partial charge is 0.248 e. The molecular formula is C25H26N6O3. The fraction of sp³-hybridized carbons (Fsp3) is 0.280. The van der Waals surface area contributed by atoms with Crippen LogP contribution in [0.4, 0.5) is 0 Å². The quantitative estimate of drug-likeness (QED) is 0.438. The van der Waals surface area contributed by atoms with E-state index in [4.69, 9.17) is 14.8 Å². The predicted octanol–water partition coefficient (Wildman–Crippen LogP) is 2.84. The first kappa shape index (κ1) is 22.0. The van der Waals surface area contributed by atoms with E-state index in [9.17, 15) is 4.79 Å². The maximum Gasteiger partial charge on any atom is 0.248 e. The number of ether oxygens (including phenoxy) is 1. The molecule has 1 aromatic carbocycles. The van der Waals surface area contributed by atoms with Crippen molar-refractivity contribution in [2.45, 2.75) is 19.0 Å². The van der Waals surface area contributed by atoms with Crippen molar-refractivity contribution in [3.8, 4) is 22.9 Å². The molecule has 0 radical (unpaired) electrons. The minimum atomic E-state index is -0.430. The van der Waals surface area contributed by atoms with E-state index in [1.807, 2.05) is 55.6 Å². The zero-order valence-electron chi connectivity index (χ0n) is 18.9. The van der Waals surface area contributed by atoms with Crippen molar-refractivity contribution in [1.29, 1.82) is 0 Å². The molecule has 3 aromatic heterocycles. The molecule has 1 amide bonds. The Morgan fingerprint density at radius 1 is 1.24 bits per heavy atom. The summed E-state index contributed by atoms with van der Waals surface area (Å²) in [5, 5.41) is 16.9. The second-order valence-corrected chi connectivity index (χ2v) is 8.47. The van der Waals surface area contributed by atoms with Gasteiger partial charge in [0.1, 0.15) is 12.4 Å². The Morgan fingerprint density at radius 3 is 2.91 bits per heavy atom. The molecule has 0 bridgehead atoms. The van der Waals surface area contributed by atoms with Gasteiger partial charge in [0.2, 0.25) is 11.8 Å². The van der Waals surface area contributed by atoms with Crippen molar-refractivity contribution in [3.63, 3.8) is 0 Å². The number of aliphatic hydroxyl groups is 1. The lowest BCUT2D eigenvalue weighted by Crippen LogP contribution is -2.37. The van der Waals surface area contributed by atoms with Crippen LogP contribution in [0.5, 0.6) is 11.6 Å². The van der Waals surface area contributed by atoms with E-state index in [-0.39, 0.29) is 11.9 Å². The van der Waals surface area contributed by atoms with Gasteiger partial charge in [0.25, 0.3) is 0 Å². The number of aromatic amines is 1. The molecule has 34 heavy (non-hydrogen) atoms. The highest BCUT2D eigenvalue weighted by atomic mass is 16.5. The van der Waals surface area contributed by atoms with Gasteiger partial charge in [0.05, 0.1) is 16.9 Å². The first-order valence-corrected chi connectivity index (χ1v) is 11.2. The summed E-state index contributed by atoms with van der Waals surface area (Å²) >= 11 is 0. The third-order valence-corrected chi connectivity index (χ3v) is 6.17. The topological polar surface area (TPSA) is 107 Å². The molecule has 1 aliphatic rings. The van der Waals surface area contributed by atoms with Crippen LogP contribution in [0.2, 0.25) is 0 Å². The van der Waals surface area contributed by atoms with E-state index in [0.29, 0.717) is 31.3 Å². The van der Waals surface area contributed by atoms with Gasteiger partial charge in [-0.05, 0) is 49.9 Å². The van der Waals surface area contributed by atoms with Gasteiger partial charge in [-0.1, -0.05) is 6.07 Å². The third kappa shape index (κ3) is 4.75. The average molecular weight is 459 g/mol. The molecule has 0 saturated carbocycles. The van der Waals surface area contributed by atoms with Crippen LogP contribution in [0.1, 0.15) is 12.1 Å². The molecule has 1 fully saturated rings. The number of aliphatic hydroxyl groups excluding tert-OH is 1. The number of H-pyrrole nitrogens is 1. The number of likely N-dealkylation sites (tertiary alicyclic amines) is 1. The van der Waals surface area contributed by atoms with Gasteiger partial charge >= 0.3 is 0 Å². The number of nitrogens with zero attached hydrogens (tertiary/aromatic N) is 5. The van der Waals surface area contributed by atoms with Crippen molar-refractivity contribution in [1.82, 2.24) is 30.0 Å². The van der Waals surface area contributed by atoms with Crippen molar-refractivity contribution in [2.75, 3.05) is 26.7 Å². The van der Waals surface area contributed by atoms with Crippen LogP contribution >= 0.6 is 0 Å². The van der Waals surface area contributed by atoms with Gasteiger partial charge in [-0.2, -0.15) is 5.10 Å². The van der Waals surface area contributed by atoms with E-state index in [1.165, 1.54) is 0 Å². The Balaban J connectivity index is 1.23. The van der Waals surface area contributed by atoms with Crippen LogP contribution in [0.3, 0.4) is 0 Å². The fourth-order valence-electron chi connectivity index (χ4n) is 4.25. The number of carbonyl (C=O) groups excluding carboxylic acids is 1. The summed E-state index contributed by atoms with van der Waals surface area (Å²) in [7, 11) is 2.05. The predicted molar refractivity (Wildman–Crippen MR) is 127 cm³/mol. The van der Waals surface area contributed by atoms with Crippen LogP contribution < -0.4 is 4.74 Å². The number of amides is 1. The summed E-state index contributed by atoms with van der Waals surface area (Å²) < 4.78 is 5.94. The van der Waals surface area contributed by atoms with E-state index in [0.717, 1.165) is 34.3 Å². The molecule has 9 nitrogen and oxygen atoms in total. The Labute approximate surface area is 197 Å². The number of aromatic nitrogens is 4. The number of hydrogen-bond acceptors (Lipinski definition) is 7. The zero-order chi connectivity index (χ0) is 23.5. The summed E-state index contributed by atoms with van der Waals surface area (Å²) in [6.07, 6.45) is 4.35. The lowest BCUT2D eigenvalue weighted by molar-refractivity contribution is -0.133. The highest BCUT2D eigenvalue weighted by molar-refractivity contribution is 5.80. The number of benzene rings is 1. The highest BCUT2D eigenvalue weighted by Gasteiger charge is 2.28. The first-order chi connectivity index (χ1) is 16.6. The number of carbonyl (C=O) groups is 1. The summed E-state index contributed by atoms with van der Waals surface area (Å²) in [6.45, 7) is 1.58. The van der Waals surface area contributed by atoms with Crippen LogP contribution in [0.25, 0.3) is 22.2 Å². The number of fused-ring (bicyclic) bond motifs is 1. The van der Waals surface area contributed by atoms with Gasteiger partial charge in [0.15, 0.2) is 0 Å². The summed E-state index contributed by atoms with van der Waals surface area (Å²) in [4.78, 5) is 24.8. The summed E-state index contributed by atoms with van der Waals surface area (Å²) in [5.74, 6) is 1.00. The van der Waals surface area contributed by atoms with Crippen molar-refractivity contribution in [3.05, 3.63) is 66.6 Å². The van der Waals surface area contributed by atoms with Crippen LogP contribution in [-0.2, 0) is 11.3 Å². The number of hydrogen-bond donors (Lipinski definition) is 2. The van der Waals surface area contributed by atoms with Crippen LogP contribution in [0, 0.1) is 0 Å². The molecule has 1 aliphatic heterocycles. The molecule has 5 rings (SSSR count). The van der Waals surface area contributed by atoms with Gasteiger partial charge in [-0.15, -0.1) is 0 Å². The Hall–Kier alpha value is -3.82. The van der Waals surface area contributed by atoms with Crippen molar-refractivity contribution in [2.24, 2.45) is 0 Å². The molecule has 0 aliphatic carbocycles. The van der Waals surface area contributed by atoms with E-state index in [2.05, 4.69) is 20.1 Å². The number of pyridine rings is 2. The first-order valence-electron chi connectivity index (χ1n) is 11.2. The van der Waals surface area contributed by atoms with E-state index < -0.39 is 6.61 Å². The largest absolute Gasteiger partial charge is 0.439 e. The van der Waals surface area contributed by atoms with E-state index in [1.54, 1.807) is 17.3 Å². The standard InChI is InChI=1S/C25H26N6O3/c1-30(20-9-11-31(15-20)25(33)16-32)14-19-4-2-17-12-21(5-6-22(17)28-19)34-24-7-3-18(13-26-24)23-8-10-27-29-23/h2-8,10,12-13,20,32H,9,11,14-16H2,1H3,(H,27,29)/t20-/m0/s1. The molecule has 174 valence electrons. The van der Waals surface area contributed by atoms with Crippen LogP contribution in [-0.4, -0.2) is 73.8 Å². The Kier molecular flexibility index (Phi) is 6.20. The Morgan fingerprint density at radius 2 is 2.15 bits per heavy atom. The van der Waals surface area contributed by atoms with Gasteiger partial charge in [0, 0.05) is 55.1 Å². The molecule has 2 N–H and O–H groups in total. The molecule has 9 heteroatoms. The summed E-state index contributed by atoms with van der Waals surface area (Å²) in [6, 6.07) is 15.8. The second-order valence-electron chi connectivity index (χ2n) is 8.47. The second kappa shape index (κ2) is 9.58.